The van der Waals surface area contributed by atoms with Crippen molar-refractivity contribution in [2.45, 2.75) is 12.3 Å². The van der Waals surface area contributed by atoms with Crippen molar-refractivity contribution in [3.63, 3.8) is 0 Å². The maximum absolute atomic E-state index is 11.8. The van der Waals surface area contributed by atoms with E-state index in [1.807, 2.05) is 6.92 Å². The van der Waals surface area contributed by atoms with Crippen LogP contribution in [0.3, 0.4) is 0 Å². The van der Waals surface area contributed by atoms with Gasteiger partial charge in [-0.15, -0.1) is 11.6 Å². The third kappa shape index (κ3) is 3.80. The van der Waals surface area contributed by atoms with Gasteiger partial charge in [-0.05, 0) is 35.0 Å². The molecule has 1 rings (SSSR count). The fourth-order valence-corrected chi connectivity index (χ4v) is 1.60. The number of halogens is 2. The van der Waals surface area contributed by atoms with E-state index < -0.39 is 0 Å². The second-order valence-corrected chi connectivity index (χ2v) is 4.99. The smallest absolute Gasteiger partial charge is 0.272 e. The molecule has 1 heterocycles. The lowest BCUT2D eigenvalue weighted by atomic mass is 10.3. The Labute approximate surface area is 103 Å². The van der Waals surface area contributed by atoms with E-state index in [-0.39, 0.29) is 11.3 Å². The van der Waals surface area contributed by atoms with Crippen LogP contribution in [-0.2, 0) is 0 Å². The third-order valence-electron chi connectivity index (χ3n) is 1.82. The van der Waals surface area contributed by atoms with Crippen LogP contribution in [0.25, 0.3) is 0 Å². The molecule has 0 spiro atoms. The molecule has 0 aliphatic carbocycles. The number of alkyl halides is 1. The fraction of sp³-hybridized carbons (Fsp3) is 0.400. The molecule has 1 aromatic heterocycles. The highest BCUT2D eigenvalue weighted by molar-refractivity contribution is 9.10. The minimum atomic E-state index is -0.116. The zero-order valence-electron chi connectivity index (χ0n) is 8.58. The van der Waals surface area contributed by atoms with Crippen LogP contribution in [0, 0.1) is 0 Å². The first-order valence-corrected chi connectivity index (χ1v) is 5.74. The molecule has 0 radical (unpaired) electrons. The summed E-state index contributed by atoms with van der Waals surface area (Å²) in [6.45, 7) is 2.36. The zero-order valence-corrected chi connectivity index (χ0v) is 10.9. The van der Waals surface area contributed by atoms with Crippen molar-refractivity contribution in [2.75, 3.05) is 13.6 Å². The summed E-state index contributed by atoms with van der Waals surface area (Å²) in [4.78, 5) is 17.4. The standard InChI is InChI=1S/C10H12BrClN2O/c1-7(12)6-14(2)10(15)9-4-3-8(11)5-13-9/h3-5,7H,6H2,1-2H3. The van der Waals surface area contributed by atoms with Gasteiger partial charge in [0, 0.05) is 29.6 Å². The first kappa shape index (κ1) is 12.5. The number of amides is 1. The Morgan fingerprint density at radius 2 is 2.33 bits per heavy atom. The molecule has 0 fully saturated rings. The van der Waals surface area contributed by atoms with Crippen LogP contribution < -0.4 is 0 Å². The van der Waals surface area contributed by atoms with E-state index >= 15 is 0 Å². The van der Waals surface area contributed by atoms with Crippen molar-refractivity contribution in [2.24, 2.45) is 0 Å². The summed E-state index contributed by atoms with van der Waals surface area (Å²) in [5.41, 5.74) is 0.429. The highest BCUT2D eigenvalue weighted by Gasteiger charge is 2.14. The number of carbonyl (C=O) groups is 1. The molecule has 3 nitrogen and oxygen atoms in total. The number of nitrogens with zero attached hydrogens (tertiary/aromatic N) is 2. The van der Waals surface area contributed by atoms with Crippen molar-refractivity contribution in [1.29, 1.82) is 0 Å². The van der Waals surface area contributed by atoms with Gasteiger partial charge >= 0.3 is 0 Å². The second-order valence-electron chi connectivity index (χ2n) is 3.33. The predicted molar refractivity (Wildman–Crippen MR) is 64.2 cm³/mol. The van der Waals surface area contributed by atoms with Crippen LogP contribution in [0.2, 0.25) is 0 Å². The second kappa shape index (κ2) is 5.47. The van der Waals surface area contributed by atoms with E-state index in [0.29, 0.717) is 12.2 Å². The van der Waals surface area contributed by atoms with Gasteiger partial charge in [0.25, 0.3) is 5.91 Å². The summed E-state index contributed by atoms with van der Waals surface area (Å²) in [6.07, 6.45) is 1.60. The molecular weight excluding hydrogens is 279 g/mol. The van der Waals surface area contributed by atoms with Gasteiger partial charge in [0.1, 0.15) is 5.69 Å². The minimum Gasteiger partial charge on any atom is -0.339 e. The van der Waals surface area contributed by atoms with Crippen LogP contribution in [0.15, 0.2) is 22.8 Å². The maximum atomic E-state index is 11.8. The highest BCUT2D eigenvalue weighted by atomic mass is 79.9. The van der Waals surface area contributed by atoms with E-state index in [1.165, 1.54) is 0 Å². The first-order valence-electron chi connectivity index (χ1n) is 4.52. The Hall–Kier alpha value is -0.610. The van der Waals surface area contributed by atoms with Crippen LogP contribution in [0.5, 0.6) is 0 Å². The molecular formula is C10H12BrClN2O. The van der Waals surface area contributed by atoms with Gasteiger partial charge in [0.2, 0.25) is 0 Å². The van der Waals surface area contributed by atoms with Crippen molar-refractivity contribution in [3.05, 3.63) is 28.5 Å². The molecule has 1 atom stereocenters. The molecule has 0 saturated carbocycles. The topological polar surface area (TPSA) is 33.2 Å². The van der Waals surface area contributed by atoms with Gasteiger partial charge in [-0.1, -0.05) is 0 Å². The van der Waals surface area contributed by atoms with Gasteiger partial charge in [-0.2, -0.15) is 0 Å². The molecule has 1 unspecified atom stereocenters. The Kier molecular flexibility index (Phi) is 4.54. The van der Waals surface area contributed by atoms with Crippen LogP contribution in [-0.4, -0.2) is 34.8 Å². The zero-order chi connectivity index (χ0) is 11.4. The number of hydrogen-bond donors (Lipinski definition) is 0. The number of carbonyl (C=O) groups excluding carboxylic acids is 1. The molecule has 0 saturated heterocycles. The van der Waals surface area contributed by atoms with Gasteiger partial charge in [0.05, 0.1) is 0 Å². The Balaban J connectivity index is 2.72. The maximum Gasteiger partial charge on any atom is 0.272 e. The minimum absolute atomic E-state index is 0.0607. The van der Waals surface area contributed by atoms with Crippen LogP contribution in [0.1, 0.15) is 17.4 Å². The molecule has 0 aromatic carbocycles. The van der Waals surface area contributed by atoms with Crippen molar-refractivity contribution in [1.82, 2.24) is 9.88 Å². The van der Waals surface area contributed by atoms with Crippen molar-refractivity contribution < 1.29 is 4.79 Å². The number of rotatable bonds is 3. The molecule has 5 heteroatoms. The Morgan fingerprint density at radius 1 is 1.67 bits per heavy atom. The predicted octanol–water partition coefficient (Wildman–Crippen LogP) is 2.54. The van der Waals surface area contributed by atoms with E-state index in [0.717, 1.165) is 4.47 Å². The summed E-state index contributed by atoms with van der Waals surface area (Å²) in [5.74, 6) is -0.116. The SMILES string of the molecule is CC(Cl)CN(C)C(=O)c1ccc(Br)cn1. The number of pyridine rings is 1. The van der Waals surface area contributed by atoms with Gasteiger partial charge in [-0.25, -0.2) is 4.98 Å². The van der Waals surface area contributed by atoms with E-state index in [2.05, 4.69) is 20.9 Å². The monoisotopic (exact) mass is 290 g/mol. The van der Waals surface area contributed by atoms with Crippen LogP contribution >= 0.6 is 27.5 Å². The molecule has 15 heavy (non-hydrogen) atoms. The van der Waals surface area contributed by atoms with E-state index in [4.69, 9.17) is 11.6 Å². The highest BCUT2D eigenvalue weighted by Crippen LogP contribution is 2.09. The first-order chi connectivity index (χ1) is 7.00. The number of hydrogen-bond acceptors (Lipinski definition) is 2. The third-order valence-corrected chi connectivity index (χ3v) is 2.43. The Morgan fingerprint density at radius 3 is 2.80 bits per heavy atom. The molecule has 0 aliphatic heterocycles. The van der Waals surface area contributed by atoms with E-state index in [1.54, 1.807) is 30.3 Å². The lowest BCUT2D eigenvalue weighted by Crippen LogP contribution is -2.31. The Bertz CT molecular complexity index is 340. The lowest BCUT2D eigenvalue weighted by molar-refractivity contribution is 0.0790. The number of aromatic nitrogens is 1. The quantitative estimate of drug-likeness (QED) is 0.802. The lowest BCUT2D eigenvalue weighted by Gasteiger charge is -2.17. The average molecular weight is 292 g/mol. The average Bonchev–Trinajstić information content (AvgIpc) is 2.17. The van der Waals surface area contributed by atoms with Gasteiger partial charge in [-0.3, -0.25) is 4.79 Å². The summed E-state index contributed by atoms with van der Waals surface area (Å²) in [6, 6.07) is 3.47. The molecule has 1 amide bonds. The van der Waals surface area contributed by atoms with Crippen LogP contribution in [0.4, 0.5) is 0 Å². The van der Waals surface area contributed by atoms with Crippen molar-refractivity contribution >= 4 is 33.4 Å². The summed E-state index contributed by atoms with van der Waals surface area (Å²) in [5, 5.41) is -0.0607. The molecule has 82 valence electrons. The molecule has 0 bridgehead atoms. The van der Waals surface area contributed by atoms with Crippen molar-refractivity contribution in [3.8, 4) is 0 Å². The largest absolute Gasteiger partial charge is 0.339 e. The summed E-state index contributed by atoms with van der Waals surface area (Å²) >= 11 is 9.07. The van der Waals surface area contributed by atoms with Gasteiger partial charge < -0.3 is 4.90 Å². The van der Waals surface area contributed by atoms with E-state index in [9.17, 15) is 4.79 Å². The molecule has 0 aliphatic rings. The summed E-state index contributed by atoms with van der Waals surface area (Å²) in [7, 11) is 1.71. The fourth-order valence-electron chi connectivity index (χ4n) is 1.16. The molecule has 0 N–H and O–H groups in total. The van der Waals surface area contributed by atoms with Gasteiger partial charge in [0.15, 0.2) is 0 Å². The normalized spacial score (nSPS) is 12.3. The molecule has 1 aromatic rings. The summed E-state index contributed by atoms with van der Waals surface area (Å²) < 4.78 is 0.854.